The fourth-order valence-corrected chi connectivity index (χ4v) is 5.29. The molecule has 1 atom stereocenters. The number of H-pyrrole nitrogens is 1. The predicted octanol–water partition coefficient (Wildman–Crippen LogP) is 3.19. The van der Waals surface area contributed by atoms with Crippen LogP contribution in [0.2, 0.25) is 0 Å². The van der Waals surface area contributed by atoms with Gasteiger partial charge in [0.25, 0.3) is 0 Å². The van der Waals surface area contributed by atoms with Gasteiger partial charge in [-0.15, -0.1) is 10.2 Å². The summed E-state index contributed by atoms with van der Waals surface area (Å²) in [7, 11) is 0. The van der Waals surface area contributed by atoms with Crippen LogP contribution in [0.4, 0.5) is 0 Å². The zero-order chi connectivity index (χ0) is 18.8. The van der Waals surface area contributed by atoms with Gasteiger partial charge in [-0.2, -0.15) is 5.21 Å². The summed E-state index contributed by atoms with van der Waals surface area (Å²) in [5.41, 5.74) is 1.93. The average molecular weight is 374 g/mol. The number of nitrogens with one attached hydrogen (secondary N) is 1. The van der Waals surface area contributed by atoms with Gasteiger partial charge in [-0.05, 0) is 61.3 Å². The van der Waals surface area contributed by atoms with Crippen LogP contribution in [0.15, 0.2) is 54.9 Å². The predicted molar refractivity (Wildman–Crippen MR) is 107 cm³/mol. The first-order valence-electron chi connectivity index (χ1n) is 10.3. The third kappa shape index (κ3) is 3.02. The minimum atomic E-state index is -0.437. The molecule has 1 N–H and O–H groups in total. The van der Waals surface area contributed by atoms with Crippen LogP contribution < -0.4 is 0 Å². The third-order valence-corrected chi connectivity index (χ3v) is 6.77. The molecule has 2 aliphatic heterocycles. The number of nitrogens with zero attached hydrogens (tertiary/aromatic N) is 5. The summed E-state index contributed by atoms with van der Waals surface area (Å²) in [5.74, 6) is 1.61. The van der Waals surface area contributed by atoms with Gasteiger partial charge in [-0.1, -0.05) is 35.5 Å². The Morgan fingerprint density at radius 1 is 0.964 bits per heavy atom. The van der Waals surface area contributed by atoms with E-state index in [2.05, 4.69) is 73.0 Å². The van der Waals surface area contributed by atoms with E-state index < -0.39 is 5.41 Å². The van der Waals surface area contributed by atoms with Crippen LogP contribution in [0.25, 0.3) is 0 Å². The molecule has 2 aromatic heterocycles. The molecule has 2 saturated heterocycles. The van der Waals surface area contributed by atoms with Gasteiger partial charge in [0.05, 0.1) is 5.41 Å². The smallest absolute Gasteiger partial charge is 0.189 e. The highest BCUT2D eigenvalue weighted by Gasteiger charge is 2.42. The van der Waals surface area contributed by atoms with Gasteiger partial charge in [-0.3, -0.25) is 4.98 Å². The molecule has 4 heterocycles. The molecule has 144 valence electrons. The maximum absolute atomic E-state index is 4.47. The molecule has 6 heteroatoms. The van der Waals surface area contributed by atoms with Gasteiger partial charge < -0.3 is 4.90 Å². The van der Waals surface area contributed by atoms with Crippen LogP contribution in [0.1, 0.15) is 49.1 Å². The average Bonchev–Trinajstić information content (AvgIpc) is 3.32. The largest absolute Gasteiger partial charge is 0.300 e. The van der Waals surface area contributed by atoms with E-state index >= 15 is 0 Å². The second-order valence-corrected chi connectivity index (χ2v) is 8.16. The minimum absolute atomic E-state index is 0.437. The zero-order valence-electron chi connectivity index (χ0n) is 16.0. The second kappa shape index (κ2) is 7.43. The van der Waals surface area contributed by atoms with Crippen molar-refractivity contribution in [1.82, 2.24) is 30.5 Å². The summed E-state index contributed by atoms with van der Waals surface area (Å²) in [5, 5.41) is 15.5. The van der Waals surface area contributed by atoms with Crippen molar-refractivity contribution in [2.24, 2.45) is 5.92 Å². The van der Waals surface area contributed by atoms with Crippen molar-refractivity contribution < 1.29 is 0 Å². The molecule has 1 aliphatic carbocycles. The van der Waals surface area contributed by atoms with Crippen LogP contribution in [-0.2, 0) is 5.41 Å². The lowest BCUT2D eigenvalue weighted by atomic mass is 9.71. The van der Waals surface area contributed by atoms with E-state index in [1.165, 1.54) is 37.8 Å². The summed E-state index contributed by atoms with van der Waals surface area (Å²) in [6, 6.07) is 15.5. The fourth-order valence-electron chi connectivity index (χ4n) is 5.29. The molecule has 0 spiro atoms. The monoisotopic (exact) mass is 374 g/mol. The Morgan fingerprint density at radius 3 is 2.36 bits per heavy atom. The number of benzene rings is 1. The Hall–Kier alpha value is -2.60. The molecule has 0 radical (unpaired) electrons. The normalized spacial score (nSPS) is 24.1. The van der Waals surface area contributed by atoms with Crippen molar-refractivity contribution in [1.29, 1.82) is 0 Å². The summed E-state index contributed by atoms with van der Waals surface area (Å²) in [4.78, 5) is 6.95. The number of aromatic nitrogens is 5. The fraction of sp³-hybridized carbons (Fsp3) is 0.455. The first kappa shape index (κ1) is 17.5. The van der Waals surface area contributed by atoms with Crippen molar-refractivity contribution in [2.75, 3.05) is 13.1 Å². The number of pyridine rings is 1. The Morgan fingerprint density at radius 2 is 1.71 bits per heavy atom. The highest BCUT2D eigenvalue weighted by Crippen LogP contribution is 2.42. The van der Waals surface area contributed by atoms with E-state index in [0.29, 0.717) is 0 Å². The highest BCUT2D eigenvalue weighted by molar-refractivity contribution is 5.45. The highest BCUT2D eigenvalue weighted by atomic mass is 15.5. The Balaban J connectivity index is 1.56. The number of tetrazole rings is 1. The summed E-state index contributed by atoms with van der Waals surface area (Å²) in [6.45, 7) is 2.27. The first-order valence-corrected chi connectivity index (χ1v) is 10.3. The van der Waals surface area contributed by atoms with Crippen molar-refractivity contribution in [3.05, 3.63) is 71.8 Å². The van der Waals surface area contributed by atoms with E-state index in [1.807, 2.05) is 12.4 Å². The van der Waals surface area contributed by atoms with Crippen LogP contribution in [0.5, 0.6) is 0 Å². The molecular weight excluding hydrogens is 348 g/mol. The lowest BCUT2D eigenvalue weighted by Crippen LogP contribution is -2.49. The van der Waals surface area contributed by atoms with Crippen molar-refractivity contribution in [2.45, 2.75) is 43.6 Å². The molecule has 3 aliphatic rings. The van der Waals surface area contributed by atoms with Crippen LogP contribution in [-0.4, -0.2) is 49.6 Å². The third-order valence-electron chi connectivity index (χ3n) is 6.77. The number of rotatable bonds is 6. The van der Waals surface area contributed by atoms with Gasteiger partial charge in [-0.25, -0.2) is 0 Å². The van der Waals surface area contributed by atoms with Crippen molar-refractivity contribution >= 4 is 0 Å². The van der Waals surface area contributed by atoms with Crippen molar-refractivity contribution in [3.63, 3.8) is 0 Å². The van der Waals surface area contributed by atoms with E-state index in [0.717, 1.165) is 36.3 Å². The summed E-state index contributed by atoms with van der Waals surface area (Å²) >= 11 is 0. The molecule has 1 saturated carbocycles. The second-order valence-electron chi connectivity index (χ2n) is 8.16. The van der Waals surface area contributed by atoms with E-state index in [9.17, 15) is 0 Å². The number of hydrogen-bond donors (Lipinski definition) is 1. The molecular formula is C22H26N6. The number of piperidine rings is 2. The molecule has 3 fully saturated rings. The summed E-state index contributed by atoms with van der Waals surface area (Å²) < 4.78 is 0. The van der Waals surface area contributed by atoms with Crippen LogP contribution in [0.3, 0.4) is 0 Å². The first-order chi connectivity index (χ1) is 13.9. The van der Waals surface area contributed by atoms with E-state index in [-0.39, 0.29) is 0 Å². The SMILES string of the molecule is c1ccc(C(CCN2CC3CCC2CC3)(c2ccncc2)c2nn[nH]n2)cc1. The Bertz CT molecular complexity index is 832. The molecule has 3 aromatic rings. The maximum atomic E-state index is 4.47. The van der Waals surface area contributed by atoms with Gasteiger partial charge in [0.1, 0.15) is 0 Å². The van der Waals surface area contributed by atoms with Gasteiger partial charge in [0.15, 0.2) is 5.82 Å². The molecule has 1 aromatic carbocycles. The van der Waals surface area contributed by atoms with Crippen LogP contribution in [0, 0.1) is 5.92 Å². The maximum Gasteiger partial charge on any atom is 0.189 e. The number of fused-ring (bicyclic) bond motifs is 3. The molecule has 6 rings (SSSR count). The quantitative estimate of drug-likeness (QED) is 0.717. The topological polar surface area (TPSA) is 70.6 Å². The molecule has 6 nitrogen and oxygen atoms in total. The van der Waals surface area contributed by atoms with Crippen LogP contribution >= 0.6 is 0 Å². The number of aromatic amines is 1. The molecule has 1 unspecified atom stereocenters. The van der Waals surface area contributed by atoms with Crippen molar-refractivity contribution in [3.8, 4) is 0 Å². The summed E-state index contributed by atoms with van der Waals surface area (Å²) in [6.07, 6.45) is 10.1. The van der Waals surface area contributed by atoms with Gasteiger partial charge in [0, 0.05) is 31.5 Å². The molecule has 2 bridgehead atoms. The van der Waals surface area contributed by atoms with Gasteiger partial charge in [0.2, 0.25) is 0 Å². The Kier molecular flexibility index (Phi) is 4.64. The van der Waals surface area contributed by atoms with E-state index in [4.69, 9.17) is 0 Å². The zero-order valence-corrected chi connectivity index (χ0v) is 16.0. The lowest BCUT2D eigenvalue weighted by Gasteiger charge is -2.46. The lowest BCUT2D eigenvalue weighted by molar-refractivity contribution is 0.0451. The van der Waals surface area contributed by atoms with E-state index in [1.54, 1.807) is 0 Å². The molecule has 0 amide bonds. The minimum Gasteiger partial charge on any atom is -0.300 e. The van der Waals surface area contributed by atoms with Gasteiger partial charge >= 0.3 is 0 Å². The Labute approximate surface area is 165 Å². The number of hydrogen-bond acceptors (Lipinski definition) is 5. The molecule has 28 heavy (non-hydrogen) atoms. The standard InChI is InChI=1S/C22H26N6/c1-2-4-18(5-3-1)22(21-24-26-27-25-21,19-10-13-23-14-11-19)12-15-28-16-17-6-8-20(28)9-7-17/h1-5,10-11,13-14,17,20H,6-9,12,15-16H2,(H,24,25,26,27).